The second-order valence-corrected chi connectivity index (χ2v) is 4.30. The van der Waals surface area contributed by atoms with Gasteiger partial charge in [0.25, 0.3) is 0 Å². The first-order valence-electron chi connectivity index (χ1n) is 5.52. The number of nitrogens with two attached hydrogens (primary N) is 1. The van der Waals surface area contributed by atoms with Gasteiger partial charge in [-0.1, -0.05) is 13.8 Å². The van der Waals surface area contributed by atoms with E-state index in [0.29, 0.717) is 11.9 Å². The number of rotatable bonds is 2. The van der Waals surface area contributed by atoms with Gasteiger partial charge in [-0.15, -0.1) is 0 Å². The van der Waals surface area contributed by atoms with Gasteiger partial charge in [0.05, 0.1) is 12.8 Å². The predicted molar refractivity (Wildman–Crippen MR) is 63.5 cm³/mol. The second kappa shape index (κ2) is 4.12. The van der Waals surface area contributed by atoms with Gasteiger partial charge in [0.1, 0.15) is 5.76 Å². The number of nitrogen functional groups attached to an aromatic ring is 1. The monoisotopic (exact) mass is 219 g/mol. The van der Waals surface area contributed by atoms with E-state index >= 15 is 0 Å². The fraction of sp³-hybridized carbons (Fsp3) is 0.500. The Morgan fingerprint density at radius 2 is 2.12 bits per heavy atom. The molecule has 2 rings (SSSR count). The van der Waals surface area contributed by atoms with E-state index in [1.807, 2.05) is 6.20 Å². The van der Waals surface area contributed by atoms with Crippen LogP contribution in [0.2, 0.25) is 0 Å². The van der Waals surface area contributed by atoms with Gasteiger partial charge in [0.15, 0.2) is 0 Å². The van der Waals surface area contributed by atoms with Gasteiger partial charge >= 0.3 is 0 Å². The summed E-state index contributed by atoms with van der Waals surface area (Å²) in [6.07, 6.45) is 3.67. The summed E-state index contributed by atoms with van der Waals surface area (Å²) in [6.45, 7) is 4.28. The quantitative estimate of drug-likeness (QED) is 0.826. The predicted octanol–water partition coefficient (Wildman–Crippen LogP) is 2.02. The number of methoxy groups -OCH3 is 1. The normalized spacial score (nSPS) is 15.2. The summed E-state index contributed by atoms with van der Waals surface area (Å²) in [5.74, 6) is 1.73. The standard InChI is InChI=1S/C12H17N3O/c1-7(2)10-9(16-3)5-4-8-6-14-12(13)15-11(8)10/h6-7H,4-5H2,1-3H3,(H2,13,14,15). The van der Waals surface area contributed by atoms with Crippen molar-refractivity contribution in [1.82, 2.24) is 9.97 Å². The van der Waals surface area contributed by atoms with E-state index in [4.69, 9.17) is 10.5 Å². The summed E-state index contributed by atoms with van der Waals surface area (Å²) in [4.78, 5) is 8.38. The van der Waals surface area contributed by atoms with E-state index in [1.165, 1.54) is 5.56 Å². The highest BCUT2D eigenvalue weighted by atomic mass is 16.5. The molecule has 0 spiro atoms. The molecule has 86 valence electrons. The third-order valence-corrected chi connectivity index (χ3v) is 2.88. The van der Waals surface area contributed by atoms with Crippen molar-refractivity contribution in [2.75, 3.05) is 12.8 Å². The lowest BCUT2D eigenvalue weighted by Gasteiger charge is -2.23. The van der Waals surface area contributed by atoms with Gasteiger partial charge in [0, 0.05) is 18.2 Å². The minimum absolute atomic E-state index is 0.328. The molecule has 0 atom stereocenters. The maximum atomic E-state index is 5.65. The number of hydrogen-bond acceptors (Lipinski definition) is 4. The molecule has 1 aliphatic carbocycles. The van der Waals surface area contributed by atoms with E-state index in [2.05, 4.69) is 23.8 Å². The van der Waals surface area contributed by atoms with Crippen LogP contribution in [0, 0.1) is 5.92 Å². The molecule has 1 heterocycles. The van der Waals surface area contributed by atoms with Crippen molar-refractivity contribution in [2.24, 2.45) is 5.92 Å². The zero-order valence-electron chi connectivity index (χ0n) is 9.95. The molecule has 0 unspecified atom stereocenters. The van der Waals surface area contributed by atoms with Crippen LogP contribution in [-0.4, -0.2) is 17.1 Å². The van der Waals surface area contributed by atoms with Gasteiger partial charge in [-0.05, 0) is 17.9 Å². The summed E-state index contributed by atoms with van der Waals surface area (Å²) < 4.78 is 5.44. The van der Waals surface area contributed by atoms with Crippen molar-refractivity contribution < 1.29 is 4.74 Å². The van der Waals surface area contributed by atoms with Crippen LogP contribution < -0.4 is 5.73 Å². The molecule has 0 saturated carbocycles. The van der Waals surface area contributed by atoms with Gasteiger partial charge < -0.3 is 10.5 Å². The molecule has 2 N–H and O–H groups in total. The first-order chi connectivity index (χ1) is 7.63. The van der Waals surface area contributed by atoms with Crippen LogP contribution in [-0.2, 0) is 11.2 Å². The molecule has 16 heavy (non-hydrogen) atoms. The van der Waals surface area contributed by atoms with Crippen molar-refractivity contribution in [3.63, 3.8) is 0 Å². The van der Waals surface area contributed by atoms with E-state index in [9.17, 15) is 0 Å². The van der Waals surface area contributed by atoms with Crippen molar-refractivity contribution in [2.45, 2.75) is 26.7 Å². The molecule has 0 bridgehead atoms. The Morgan fingerprint density at radius 3 is 2.75 bits per heavy atom. The zero-order chi connectivity index (χ0) is 11.7. The number of nitrogens with zero attached hydrogens (tertiary/aromatic N) is 2. The van der Waals surface area contributed by atoms with E-state index < -0.39 is 0 Å². The molecule has 0 fully saturated rings. The smallest absolute Gasteiger partial charge is 0.220 e. The molecule has 4 heteroatoms. The first-order valence-corrected chi connectivity index (χ1v) is 5.52. The molecule has 1 aromatic rings. The van der Waals surface area contributed by atoms with Crippen LogP contribution in [0.25, 0.3) is 5.57 Å². The van der Waals surface area contributed by atoms with Crippen LogP contribution in [0.5, 0.6) is 0 Å². The van der Waals surface area contributed by atoms with Crippen molar-refractivity contribution >= 4 is 11.5 Å². The molecule has 0 amide bonds. The number of fused-ring (bicyclic) bond motifs is 1. The van der Waals surface area contributed by atoms with Crippen LogP contribution in [0.15, 0.2) is 12.0 Å². The molecule has 0 aliphatic heterocycles. The Bertz CT molecular complexity index is 438. The number of aromatic nitrogens is 2. The molecular formula is C12H17N3O. The molecule has 0 aromatic carbocycles. The number of ether oxygens (including phenoxy) is 1. The summed E-state index contributed by atoms with van der Waals surface area (Å²) in [6, 6.07) is 0. The van der Waals surface area contributed by atoms with Crippen LogP contribution in [0.4, 0.5) is 5.95 Å². The fourth-order valence-corrected chi connectivity index (χ4v) is 2.16. The largest absolute Gasteiger partial charge is 0.501 e. The third kappa shape index (κ3) is 1.75. The highest BCUT2D eigenvalue weighted by Crippen LogP contribution is 2.34. The van der Waals surface area contributed by atoms with Crippen LogP contribution >= 0.6 is 0 Å². The van der Waals surface area contributed by atoms with Crippen molar-refractivity contribution in [1.29, 1.82) is 0 Å². The lowest BCUT2D eigenvalue weighted by atomic mass is 9.88. The maximum Gasteiger partial charge on any atom is 0.220 e. The zero-order valence-corrected chi connectivity index (χ0v) is 9.95. The fourth-order valence-electron chi connectivity index (χ4n) is 2.16. The highest BCUT2D eigenvalue weighted by molar-refractivity contribution is 5.70. The molecule has 1 aliphatic rings. The molecule has 4 nitrogen and oxygen atoms in total. The number of aryl methyl sites for hydroxylation is 1. The van der Waals surface area contributed by atoms with Gasteiger partial charge in [0.2, 0.25) is 5.95 Å². The average molecular weight is 219 g/mol. The molecule has 1 aromatic heterocycles. The second-order valence-electron chi connectivity index (χ2n) is 4.30. The summed E-state index contributed by atoms with van der Waals surface area (Å²) in [5, 5.41) is 0. The Balaban J connectivity index is 2.59. The number of hydrogen-bond donors (Lipinski definition) is 1. The average Bonchev–Trinajstić information content (AvgIpc) is 2.26. The molecule has 0 radical (unpaired) electrons. The van der Waals surface area contributed by atoms with Crippen LogP contribution in [0.1, 0.15) is 31.5 Å². The van der Waals surface area contributed by atoms with E-state index in [1.54, 1.807) is 7.11 Å². The highest BCUT2D eigenvalue weighted by Gasteiger charge is 2.23. The summed E-state index contributed by atoms with van der Waals surface area (Å²) in [7, 11) is 1.72. The lowest BCUT2D eigenvalue weighted by Crippen LogP contribution is -2.14. The van der Waals surface area contributed by atoms with Gasteiger partial charge in [-0.3, -0.25) is 0 Å². The number of anilines is 1. The Labute approximate surface area is 95.5 Å². The van der Waals surface area contributed by atoms with Gasteiger partial charge in [-0.2, -0.15) is 0 Å². The summed E-state index contributed by atoms with van der Waals surface area (Å²) in [5.41, 5.74) is 8.94. The first kappa shape index (κ1) is 10.9. The third-order valence-electron chi connectivity index (χ3n) is 2.88. The maximum absolute atomic E-state index is 5.65. The van der Waals surface area contributed by atoms with Crippen molar-refractivity contribution in [3.05, 3.63) is 23.2 Å². The Kier molecular flexibility index (Phi) is 2.81. The summed E-state index contributed by atoms with van der Waals surface area (Å²) >= 11 is 0. The molecular weight excluding hydrogens is 202 g/mol. The Hall–Kier alpha value is -1.58. The minimum Gasteiger partial charge on any atom is -0.501 e. The lowest BCUT2D eigenvalue weighted by molar-refractivity contribution is 0.275. The SMILES string of the molecule is COC1=C(C(C)C)c2nc(N)ncc2CC1. The minimum atomic E-state index is 0.328. The number of allylic oxidation sites excluding steroid dienone is 2. The topological polar surface area (TPSA) is 61.0 Å². The Morgan fingerprint density at radius 1 is 1.38 bits per heavy atom. The molecule has 0 saturated heterocycles. The van der Waals surface area contributed by atoms with E-state index in [-0.39, 0.29) is 0 Å². The van der Waals surface area contributed by atoms with Gasteiger partial charge in [-0.25, -0.2) is 9.97 Å². The van der Waals surface area contributed by atoms with Crippen molar-refractivity contribution in [3.8, 4) is 0 Å². The van der Waals surface area contributed by atoms with E-state index in [0.717, 1.165) is 29.9 Å². The van der Waals surface area contributed by atoms with Crippen LogP contribution in [0.3, 0.4) is 0 Å².